The Labute approximate surface area is 88.2 Å². The summed E-state index contributed by atoms with van der Waals surface area (Å²) in [6.07, 6.45) is 1.47. The molecule has 0 spiro atoms. The number of rotatable bonds is 1. The highest BCUT2D eigenvalue weighted by Gasteiger charge is 2.22. The highest BCUT2D eigenvalue weighted by molar-refractivity contribution is 7.93. The van der Waals surface area contributed by atoms with Crippen molar-refractivity contribution in [2.45, 2.75) is 0 Å². The molecule has 0 fully saturated rings. The van der Waals surface area contributed by atoms with Crippen molar-refractivity contribution in [3.8, 4) is 5.75 Å². The first-order valence-electron chi connectivity index (χ1n) is 3.53. The molecule has 14 heavy (non-hydrogen) atoms. The van der Waals surface area contributed by atoms with Gasteiger partial charge in [0.15, 0.2) is 0 Å². The molecule has 0 atom stereocenters. The van der Waals surface area contributed by atoms with Gasteiger partial charge in [0.2, 0.25) is 18.0 Å². The van der Waals surface area contributed by atoms with Crippen molar-refractivity contribution in [1.29, 1.82) is 0 Å². The predicted molar refractivity (Wildman–Crippen MR) is 53.9 cm³/mol. The van der Waals surface area contributed by atoms with Gasteiger partial charge in [-0.2, -0.15) is 4.40 Å². The van der Waals surface area contributed by atoms with E-state index < -0.39 is 4.92 Å². The maximum atomic E-state index is 10.6. The predicted octanol–water partition coefficient (Wildman–Crippen LogP) is 2.62. The Balaban J connectivity index is 2.65. The van der Waals surface area contributed by atoms with Gasteiger partial charge in [0.05, 0.1) is 4.92 Å². The van der Waals surface area contributed by atoms with Gasteiger partial charge in [0.25, 0.3) is 0 Å². The molecule has 1 aliphatic rings. The third kappa shape index (κ3) is 1.53. The molecule has 5 nitrogen and oxygen atoms in total. The molecule has 7 heteroatoms. The fourth-order valence-electron chi connectivity index (χ4n) is 1.06. The van der Waals surface area contributed by atoms with E-state index in [-0.39, 0.29) is 16.5 Å². The summed E-state index contributed by atoms with van der Waals surface area (Å²) in [5.41, 5.74) is 0.370. The highest BCUT2D eigenvalue weighted by atomic mass is 35.5. The molecule has 2 rings (SSSR count). The largest absolute Gasteiger partial charge is 0.396 e. The first kappa shape index (κ1) is 9.29. The molecular formula is C7H3ClN2O3S. The molecule has 1 aromatic carbocycles. The van der Waals surface area contributed by atoms with Crippen LogP contribution in [0.1, 0.15) is 5.56 Å². The van der Waals surface area contributed by atoms with Gasteiger partial charge < -0.3 is 4.18 Å². The number of nitro benzene ring substituents is 1. The van der Waals surface area contributed by atoms with E-state index in [1.54, 1.807) is 6.07 Å². The summed E-state index contributed by atoms with van der Waals surface area (Å²) >= 11 is 6.49. The molecule has 0 amide bonds. The van der Waals surface area contributed by atoms with Crippen molar-refractivity contribution in [1.82, 2.24) is 0 Å². The lowest BCUT2D eigenvalue weighted by Gasteiger charge is -2.09. The SMILES string of the molecule is O=[N+]([O-])c1cc(Cl)cc2c1OSN=C2. The van der Waals surface area contributed by atoms with Crippen LogP contribution in [0.15, 0.2) is 16.5 Å². The lowest BCUT2D eigenvalue weighted by atomic mass is 10.2. The molecule has 72 valence electrons. The molecule has 1 aromatic rings. The second kappa shape index (κ2) is 3.47. The maximum Gasteiger partial charge on any atom is 0.314 e. The second-order valence-corrected chi connectivity index (χ2v) is 3.46. The van der Waals surface area contributed by atoms with Crippen LogP contribution in [0.5, 0.6) is 5.75 Å². The zero-order valence-corrected chi connectivity index (χ0v) is 8.21. The first-order valence-corrected chi connectivity index (χ1v) is 4.61. The van der Waals surface area contributed by atoms with E-state index in [4.69, 9.17) is 15.8 Å². The topological polar surface area (TPSA) is 64.7 Å². The Hall–Kier alpha value is -1.27. The van der Waals surface area contributed by atoms with Crippen LogP contribution in [0.25, 0.3) is 0 Å². The molecule has 0 saturated heterocycles. The van der Waals surface area contributed by atoms with Gasteiger partial charge in [-0.25, -0.2) is 0 Å². The van der Waals surface area contributed by atoms with Crippen molar-refractivity contribution in [2.75, 3.05) is 0 Å². The standard InChI is InChI=1S/C7H3ClN2O3S/c8-5-1-4-3-9-14-13-7(4)6(2-5)10(11)12/h1-3H. The molecule has 0 radical (unpaired) electrons. The van der Waals surface area contributed by atoms with Gasteiger partial charge in [-0.05, 0) is 6.07 Å². The zero-order valence-electron chi connectivity index (χ0n) is 6.64. The van der Waals surface area contributed by atoms with Crippen molar-refractivity contribution in [3.63, 3.8) is 0 Å². The molecule has 0 bridgehead atoms. The van der Waals surface area contributed by atoms with E-state index in [0.717, 1.165) is 12.2 Å². The summed E-state index contributed by atoms with van der Waals surface area (Å²) in [6, 6.07) is 2.81. The number of fused-ring (bicyclic) bond motifs is 1. The summed E-state index contributed by atoms with van der Waals surface area (Å²) in [5.74, 6) is 0.194. The summed E-state index contributed by atoms with van der Waals surface area (Å²) in [5, 5.41) is 10.9. The van der Waals surface area contributed by atoms with E-state index in [1.807, 2.05) is 0 Å². The fourth-order valence-corrected chi connectivity index (χ4v) is 1.74. The third-order valence-corrected chi connectivity index (χ3v) is 2.27. The average molecular weight is 231 g/mol. The molecule has 1 aliphatic heterocycles. The van der Waals surface area contributed by atoms with Crippen LogP contribution in [0.3, 0.4) is 0 Å². The van der Waals surface area contributed by atoms with Crippen molar-refractivity contribution < 1.29 is 9.11 Å². The Bertz CT molecular complexity index is 435. The number of nitro groups is 1. The van der Waals surface area contributed by atoms with Crippen molar-refractivity contribution in [2.24, 2.45) is 4.40 Å². The Kier molecular flexibility index (Phi) is 2.30. The van der Waals surface area contributed by atoms with E-state index in [1.165, 1.54) is 12.3 Å². The average Bonchev–Trinajstić information content (AvgIpc) is 2.16. The van der Waals surface area contributed by atoms with Gasteiger partial charge >= 0.3 is 5.69 Å². The lowest BCUT2D eigenvalue weighted by molar-refractivity contribution is -0.385. The van der Waals surface area contributed by atoms with Gasteiger partial charge in [0.1, 0.15) is 0 Å². The number of nitrogens with zero attached hydrogens (tertiary/aromatic N) is 2. The molecule has 1 heterocycles. The van der Waals surface area contributed by atoms with Crippen LogP contribution < -0.4 is 4.18 Å². The Morgan fingerprint density at radius 3 is 3.07 bits per heavy atom. The van der Waals surface area contributed by atoms with Crippen LogP contribution in [0.2, 0.25) is 5.02 Å². The van der Waals surface area contributed by atoms with Crippen molar-refractivity contribution in [3.05, 3.63) is 32.8 Å². The molecular weight excluding hydrogens is 228 g/mol. The van der Waals surface area contributed by atoms with Crippen LogP contribution in [0, 0.1) is 10.1 Å². The van der Waals surface area contributed by atoms with Crippen LogP contribution in [0.4, 0.5) is 5.69 Å². The van der Waals surface area contributed by atoms with Crippen LogP contribution >= 0.6 is 23.8 Å². The van der Waals surface area contributed by atoms with Gasteiger partial charge in [-0.15, -0.1) is 0 Å². The van der Waals surface area contributed by atoms with Gasteiger partial charge in [-0.1, -0.05) is 11.6 Å². The molecule has 0 saturated carbocycles. The number of benzene rings is 1. The minimum absolute atomic E-state index is 0.147. The number of hydrogen-bond donors (Lipinski definition) is 0. The Morgan fingerprint density at radius 2 is 2.36 bits per heavy atom. The Morgan fingerprint density at radius 1 is 1.57 bits per heavy atom. The summed E-state index contributed by atoms with van der Waals surface area (Å²) in [7, 11) is 0. The van der Waals surface area contributed by atoms with Crippen LogP contribution in [-0.4, -0.2) is 11.1 Å². The van der Waals surface area contributed by atoms with Crippen LogP contribution in [-0.2, 0) is 0 Å². The lowest BCUT2D eigenvalue weighted by Crippen LogP contribution is -1.99. The number of hydrogen-bond acceptors (Lipinski definition) is 5. The third-order valence-electron chi connectivity index (χ3n) is 1.61. The van der Waals surface area contributed by atoms with E-state index >= 15 is 0 Å². The summed E-state index contributed by atoms with van der Waals surface area (Å²) in [4.78, 5) is 10.1. The monoisotopic (exact) mass is 230 g/mol. The van der Waals surface area contributed by atoms with Gasteiger partial charge in [-0.3, -0.25) is 10.1 Å². The normalized spacial score (nSPS) is 13.2. The molecule has 0 aliphatic carbocycles. The second-order valence-electron chi connectivity index (χ2n) is 2.49. The number of halogens is 1. The molecule has 0 N–H and O–H groups in total. The zero-order chi connectivity index (χ0) is 10.1. The van der Waals surface area contributed by atoms with E-state index in [9.17, 15) is 10.1 Å². The van der Waals surface area contributed by atoms with E-state index in [2.05, 4.69) is 4.40 Å². The maximum absolute atomic E-state index is 10.6. The molecule has 0 unspecified atom stereocenters. The minimum atomic E-state index is -0.537. The summed E-state index contributed by atoms with van der Waals surface area (Å²) in [6.45, 7) is 0. The minimum Gasteiger partial charge on any atom is -0.396 e. The quantitative estimate of drug-likeness (QED) is 0.322. The molecule has 0 aromatic heterocycles. The van der Waals surface area contributed by atoms with E-state index in [0.29, 0.717) is 5.56 Å². The smallest absolute Gasteiger partial charge is 0.314 e. The highest BCUT2D eigenvalue weighted by Crippen LogP contribution is 2.37. The van der Waals surface area contributed by atoms with Gasteiger partial charge in [0, 0.05) is 22.9 Å². The fraction of sp³-hybridized carbons (Fsp3) is 0. The summed E-state index contributed by atoms with van der Waals surface area (Å²) < 4.78 is 8.74. The first-order chi connectivity index (χ1) is 6.68. The van der Waals surface area contributed by atoms with Crippen molar-refractivity contribution >= 4 is 35.7 Å².